The van der Waals surface area contributed by atoms with Gasteiger partial charge in [0.2, 0.25) is 5.91 Å². The highest BCUT2D eigenvalue weighted by atomic mass is 16.5. The molecule has 0 aliphatic rings. The van der Waals surface area contributed by atoms with Gasteiger partial charge in [0.1, 0.15) is 5.75 Å². The van der Waals surface area contributed by atoms with Gasteiger partial charge in [0.25, 0.3) is 0 Å². The van der Waals surface area contributed by atoms with Crippen molar-refractivity contribution in [3.05, 3.63) is 54.1 Å². The summed E-state index contributed by atoms with van der Waals surface area (Å²) in [5.41, 5.74) is 2.07. The van der Waals surface area contributed by atoms with Crippen molar-refractivity contribution in [3.63, 3.8) is 0 Å². The minimum atomic E-state index is -0.747. The molecule has 0 spiro atoms. The molecular formula is C19H21N3O4. The zero-order chi connectivity index (χ0) is 18.9. The van der Waals surface area contributed by atoms with Crippen molar-refractivity contribution in [1.29, 1.82) is 0 Å². The third kappa shape index (κ3) is 5.94. The summed E-state index contributed by atoms with van der Waals surface area (Å²) in [5, 5.41) is 7.70. The number of methoxy groups -OCH3 is 1. The first-order valence-electron chi connectivity index (χ1n) is 8.07. The van der Waals surface area contributed by atoms with Gasteiger partial charge in [-0.2, -0.15) is 0 Å². The number of hydrogen-bond donors (Lipinski definition) is 3. The van der Waals surface area contributed by atoms with Crippen LogP contribution < -0.4 is 20.7 Å². The normalized spacial score (nSPS) is 9.92. The summed E-state index contributed by atoms with van der Waals surface area (Å²) < 4.78 is 5.14. The molecule has 3 N–H and O–H groups in total. The van der Waals surface area contributed by atoms with Crippen LogP contribution in [0, 0.1) is 0 Å². The summed E-state index contributed by atoms with van der Waals surface area (Å²) in [6, 6.07) is 14.0. The highest BCUT2D eigenvalue weighted by Gasteiger charge is 2.13. The van der Waals surface area contributed by atoms with Gasteiger partial charge in [-0.05, 0) is 48.4 Å². The maximum atomic E-state index is 11.9. The maximum Gasteiger partial charge on any atom is 0.313 e. The molecule has 0 atom stereocenters. The van der Waals surface area contributed by atoms with E-state index in [2.05, 4.69) is 16.0 Å². The van der Waals surface area contributed by atoms with Crippen molar-refractivity contribution >= 4 is 29.1 Å². The maximum absolute atomic E-state index is 11.9. The van der Waals surface area contributed by atoms with Crippen LogP contribution in [0.15, 0.2) is 48.5 Å². The molecule has 0 fully saturated rings. The van der Waals surface area contributed by atoms with Gasteiger partial charge in [0, 0.05) is 24.8 Å². The summed E-state index contributed by atoms with van der Waals surface area (Å²) in [6.45, 7) is 1.74. The van der Waals surface area contributed by atoms with E-state index in [0.717, 1.165) is 11.3 Å². The molecule has 7 nitrogen and oxygen atoms in total. The average Bonchev–Trinajstić information content (AvgIpc) is 2.63. The van der Waals surface area contributed by atoms with E-state index in [9.17, 15) is 14.4 Å². The van der Waals surface area contributed by atoms with Crippen LogP contribution in [0.25, 0.3) is 0 Å². The first-order chi connectivity index (χ1) is 12.5. The van der Waals surface area contributed by atoms with E-state index in [1.807, 2.05) is 24.3 Å². The van der Waals surface area contributed by atoms with Crippen LogP contribution >= 0.6 is 0 Å². The van der Waals surface area contributed by atoms with Crippen molar-refractivity contribution in [2.45, 2.75) is 13.3 Å². The number of amides is 3. The SMILES string of the molecule is COc1cccc(CCNC(=O)C(=O)Nc2ccc(NC(C)=O)cc2)c1. The van der Waals surface area contributed by atoms with E-state index in [4.69, 9.17) is 4.74 Å². The van der Waals surface area contributed by atoms with Crippen LogP contribution in [0.2, 0.25) is 0 Å². The molecular weight excluding hydrogens is 334 g/mol. The second-order valence-corrected chi connectivity index (χ2v) is 5.57. The molecule has 0 bridgehead atoms. The molecule has 0 saturated heterocycles. The Balaban J connectivity index is 1.79. The molecule has 2 rings (SSSR count). The molecule has 136 valence electrons. The molecule has 0 aliphatic carbocycles. The van der Waals surface area contributed by atoms with Crippen molar-refractivity contribution < 1.29 is 19.1 Å². The fourth-order valence-electron chi connectivity index (χ4n) is 2.26. The first-order valence-corrected chi connectivity index (χ1v) is 8.07. The highest BCUT2D eigenvalue weighted by Crippen LogP contribution is 2.14. The molecule has 26 heavy (non-hydrogen) atoms. The molecule has 2 aromatic carbocycles. The lowest BCUT2D eigenvalue weighted by Gasteiger charge is -2.08. The zero-order valence-corrected chi connectivity index (χ0v) is 14.7. The predicted octanol–water partition coefficient (Wildman–Crippen LogP) is 1.95. The Morgan fingerprint density at radius 1 is 0.923 bits per heavy atom. The molecule has 2 aromatic rings. The van der Waals surface area contributed by atoms with Crippen LogP contribution in [0.3, 0.4) is 0 Å². The smallest absolute Gasteiger partial charge is 0.313 e. The van der Waals surface area contributed by atoms with Crippen molar-refractivity contribution in [2.24, 2.45) is 0 Å². The van der Waals surface area contributed by atoms with Gasteiger partial charge >= 0.3 is 11.8 Å². The van der Waals surface area contributed by atoms with E-state index in [1.54, 1.807) is 31.4 Å². The highest BCUT2D eigenvalue weighted by molar-refractivity contribution is 6.39. The summed E-state index contributed by atoms with van der Waals surface area (Å²) >= 11 is 0. The fraction of sp³-hybridized carbons (Fsp3) is 0.211. The van der Waals surface area contributed by atoms with Gasteiger partial charge in [-0.25, -0.2) is 0 Å². The minimum Gasteiger partial charge on any atom is -0.497 e. The van der Waals surface area contributed by atoms with Crippen molar-refractivity contribution in [2.75, 3.05) is 24.3 Å². The van der Waals surface area contributed by atoms with Gasteiger partial charge in [-0.1, -0.05) is 12.1 Å². The number of nitrogens with one attached hydrogen (secondary N) is 3. The van der Waals surface area contributed by atoms with E-state index >= 15 is 0 Å². The fourth-order valence-corrected chi connectivity index (χ4v) is 2.26. The van der Waals surface area contributed by atoms with Crippen LogP contribution in [-0.2, 0) is 20.8 Å². The van der Waals surface area contributed by atoms with E-state index in [0.29, 0.717) is 24.3 Å². The molecule has 0 unspecified atom stereocenters. The Kier molecular flexibility index (Phi) is 6.73. The number of carbonyl (C=O) groups is 3. The number of benzene rings is 2. The quantitative estimate of drug-likeness (QED) is 0.690. The van der Waals surface area contributed by atoms with Crippen LogP contribution in [0.4, 0.5) is 11.4 Å². The summed E-state index contributed by atoms with van der Waals surface area (Å²) in [6.07, 6.45) is 0.585. The molecule has 3 amide bonds. The Bertz CT molecular complexity index is 788. The van der Waals surface area contributed by atoms with E-state index in [-0.39, 0.29) is 5.91 Å². The minimum absolute atomic E-state index is 0.183. The monoisotopic (exact) mass is 355 g/mol. The largest absolute Gasteiger partial charge is 0.497 e. The van der Waals surface area contributed by atoms with Crippen LogP contribution in [-0.4, -0.2) is 31.4 Å². The topological polar surface area (TPSA) is 96.5 Å². The number of rotatable bonds is 6. The predicted molar refractivity (Wildman–Crippen MR) is 99.1 cm³/mol. The lowest BCUT2D eigenvalue weighted by atomic mass is 10.1. The van der Waals surface area contributed by atoms with Crippen molar-refractivity contribution in [3.8, 4) is 5.75 Å². The van der Waals surface area contributed by atoms with E-state index in [1.165, 1.54) is 6.92 Å². The third-order valence-electron chi connectivity index (χ3n) is 3.50. The number of ether oxygens (including phenoxy) is 1. The average molecular weight is 355 g/mol. The van der Waals surface area contributed by atoms with Gasteiger partial charge in [-0.3, -0.25) is 14.4 Å². The van der Waals surface area contributed by atoms with Gasteiger partial charge in [0.15, 0.2) is 0 Å². The van der Waals surface area contributed by atoms with E-state index < -0.39 is 11.8 Å². The van der Waals surface area contributed by atoms with Gasteiger partial charge < -0.3 is 20.7 Å². The Hall–Kier alpha value is -3.35. The number of anilines is 2. The Morgan fingerprint density at radius 3 is 2.19 bits per heavy atom. The second-order valence-electron chi connectivity index (χ2n) is 5.57. The lowest BCUT2D eigenvalue weighted by molar-refractivity contribution is -0.136. The first kappa shape index (κ1) is 19.0. The second kappa shape index (κ2) is 9.22. The Morgan fingerprint density at radius 2 is 1.58 bits per heavy atom. The van der Waals surface area contributed by atoms with Gasteiger partial charge in [0.05, 0.1) is 7.11 Å². The standard InChI is InChI=1S/C19H21N3O4/c1-13(23)21-15-6-8-16(9-7-15)22-19(25)18(24)20-11-10-14-4-3-5-17(12-14)26-2/h3-9,12H,10-11H2,1-2H3,(H,20,24)(H,21,23)(H,22,25). The third-order valence-corrected chi connectivity index (χ3v) is 3.50. The molecule has 0 radical (unpaired) electrons. The molecule has 0 saturated carbocycles. The lowest BCUT2D eigenvalue weighted by Crippen LogP contribution is -2.36. The summed E-state index contributed by atoms with van der Waals surface area (Å²) in [5.74, 6) is -0.895. The van der Waals surface area contributed by atoms with Crippen molar-refractivity contribution in [1.82, 2.24) is 5.32 Å². The molecule has 7 heteroatoms. The summed E-state index contributed by atoms with van der Waals surface area (Å²) in [4.78, 5) is 34.7. The zero-order valence-electron chi connectivity index (χ0n) is 14.7. The summed E-state index contributed by atoms with van der Waals surface area (Å²) in [7, 11) is 1.59. The number of carbonyl (C=O) groups excluding carboxylic acids is 3. The van der Waals surface area contributed by atoms with Crippen LogP contribution in [0.1, 0.15) is 12.5 Å². The molecule has 0 aromatic heterocycles. The Labute approximate surface area is 151 Å². The van der Waals surface area contributed by atoms with Crippen LogP contribution in [0.5, 0.6) is 5.75 Å². The molecule has 0 aliphatic heterocycles. The van der Waals surface area contributed by atoms with Gasteiger partial charge in [-0.15, -0.1) is 0 Å². The number of hydrogen-bond acceptors (Lipinski definition) is 4. The molecule has 0 heterocycles.